The van der Waals surface area contributed by atoms with E-state index in [4.69, 9.17) is 0 Å². The molecule has 1 atom stereocenters. The minimum Gasteiger partial charge on any atom is -0.435 e. The first kappa shape index (κ1) is 20.5. The van der Waals surface area contributed by atoms with Crippen LogP contribution in [-0.2, 0) is 0 Å². The maximum absolute atomic E-state index is 13.0. The Hall–Kier alpha value is -2.26. The first-order valence-corrected chi connectivity index (χ1v) is 10.2. The van der Waals surface area contributed by atoms with Gasteiger partial charge >= 0.3 is 6.61 Å². The molecule has 9 heteroatoms. The lowest BCUT2D eigenvalue weighted by Gasteiger charge is -2.12. The van der Waals surface area contributed by atoms with Crippen LogP contribution < -0.4 is 4.74 Å². The molecule has 3 rings (SSSR count). The maximum atomic E-state index is 13.0. The number of benzene rings is 1. The summed E-state index contributed by atoms with van der Waals surface area (Å²) in [5, 5.41) is 8.60. The van der Waals surface area contributed by atoms with Gasteiger partial charge in [-0.05, 0) is 58.0 Å². The second-order valence-corrected chi connectivity index (χ2v) is 8.97. The highest BCUT2D eigenvalue weighted by molar-refractivity contribution is 8.02. The van der Waals surface area contributed by atoms with E-state index in [1.54, 1.807) is 12.1 Å². The Morgan fingerprint density at radius 2 is 1.86 bits per heavy atom. The molecule has 0 bridgehead atoms. The smallest absolute Gasteiger partial charge is 0.387 e. The van der Waals surface area contributed by atoms with Crippen molar-refractivity contribution >= 4 is 28.9 Å². The van der Waals surface area contributed by atoms with Crippen LogP contribution in [0.1, 0.15) is 33.7 Å². The fourth-order valence-electron chi connectivity index (χ4n) is 2.94. The molecule has 1 unspecified atom stereocenters. The predicted molar refractivity (Wildman–Crippen MR) is 106 cm³/mol. The number of thioether (sulfide) groups is 1. The van der Waals surface area contributed by atoms with Crippen LogP contribution in [0.5, 0.6) is 5.75 Å². The molecular formula is C19H19F2N3O2S2. The van der Waals surface area contributed by atoms with E-state index in [0.717, 1.165) is 26.4 Å². The van der Waals surface area contributed by atoms with E-state index in [0.29, 0.717) is 5.56 Å². The predicted octanol–water partition coefficient (Wildman–Crippen LogP) is 5.22. The van der Waals surface area contributed by atoms with E-state index in [1.165, 1.54) is 35.2 Å². The quantitative estimate of drug-likeness (QED) is 0.385. The summed E-state index contributed by atoms with van der Waals surface area (Å²) in [7, 11) is 0. The summed E-state index contributed by atoms with van der Waals surface area (Å²) in [6.07, 6.45) is 0. The third-order valence-corrected chi connectivity index (χ3v) is 6.19. The number of Topliss-reactive ketones (excluding diaryl/α,β-unsaturated/α-hetero) is 1. The molecule has 28 heavy (non-hydrogen) atoms. The Kier molecular flexibility index (Phi) is 6.14. The molecule has 0 spiro atoms. The van der Waals surface area contributed by atoms with Gasteiger partial charge in [-0.1, -0.05) is 23.1 Å². The summed E-state index contributed by atoms with van der Waals surface area (Å²) in [5.41, 5.74) is 3.08. The van der Waals surface area contributed by atoms with Gasteiger partial charge in [0, 0.05) is 22.6 Å². The second-order valence-electron chi connectivity index (χ2n) is 6.20. The van der Waals surface area contributed by atoms with Gasteiger partial charge in [-0.25, -0.2) is 0 Å². The van der Waals surface area contributed by atoms with Crippen LogP contribution in [0, 0.1) is 20.8 Å². The molecule has 0 N–H and O–H groups in total. The molecule has 0 radical (unpaired) electrons. The Bertz CT molecular complexity index is 984. The van der Waals surface area contributed by atoms with Gasteiger partial charge in [0.2, 0.25) is 0 Å². The molecular weight excluding hydrogens is 404 g/mol. The molecule has 5 nitrogen and oxygen atoms in total. The van der Waals surface area contributed by atoms with Gasteiger partial charge < -0.3 is 9.30 Å². The molecule has 0 saturated heterocycles. The number of ketones is 1. The van der Waals surface area contributed by atoms with E-state index in [9.17, 15) is 13.6 Å². The van der Waals surface area contributed by atoms with Gasteiger partial charge in [0.05, 0.1) is 5.25 Å². The molecule has 0 aliphatic carbocycles. The summed E-state index contributed by atoms with van der Waals surface area (Å²) < 4.78 is 31.7. The third-order valence-electron chi connectivity index (χ3n) is 4.17. The zero-order chi connectivity index (χ0) is 20.4. The van der Waals surface area contributed by atoms with Crippen LogP contribution in [0.15, 0.2) is 34.7 Å². The Morgan fingerprint density at radius 3 is 2.43 bits per heavy atom. The summed E-state index contributed by atoms with van der Waals surface area (Å²) >= 11 is 2.85. The molecule has 2 aromatic heterocycles. The lowest BCUT2D eigenvalue weighted by Crippen LogP contribution is -2.14. The molecule has 0 saturated carbocycles. The van der Waals surface area contributed by atoms with Gasteiger partial charge in [-0.2, -0.15) is 8.78 Å². The van der Waals surface area contributed by atoms with Crippen LogP contribution in [0.2, 0.25) is 0 Å². The van der Waals surface area contributed by atoms with Crippen molar-refractivity contribution in [3.8, 4) is 11.4 Å². The molecule has 3 aromatic rings. The Labute approximate surface area is 169 Å². The SMILES string of the molecule is Cc1nnc(SC(C)C(=O)c2cc(C)n(-c3ccc(OC(F)F)cc3)c2C)s1. The largest absolute Gasteiger partial charge is 0.435 e. The maximum Gasteiger partial charge on any atom is 0.387 e. The molecule has 2 heterocycles. The second kappa shape index (κ2) is 8.40. The fourth-order valence-corrected chi connectivity index (χ4v) is 4.96. The zero-order valence-corrected chi connectivity index (χ0v) is 17.4. The molecule has 0 fully saturated rings. The van der Waals surface area contributed by atoms with Gasteiger partial charge in [-0.15, -0.1) is 10.2 Å². The number of hydrogen-bond acceptors (Lipinski definition) is 6. The van der Waals surface area contributed by atoms with Crippen LogP contribution in [0.3, 0.4) is 0 Å². The molecule has 0 aliphatic heterocycles. The number of carbonyl (C=O) groups excluding carboxylic acids is 1. The third kappa shape index (κ3) is 4.41. The Balaban J connectivity index is 1.83. The van der Waals surface area contributed by atoms with Crippen LogP contribution in [-0.4, -0.2) is 32.4 Å². The average Bonchev–Trinajstić information content (AvgIpc) is 3.17. The van der Waals surface area contributed by atoms with E-state index in [-0.39, 0.29) is 16.8 Å². The number of rotatable bonds is 7. The standard InChI is InChI=1S/C19H19F2N3O2S2/c1-10-9-16(17(25)12(3)27-19-23-22-13(4)28-19)11(2)24(10)14-5-7-15(8-6-14)26-18(20)21/h5-9,12,18H,1-4H3. The number of alkyl halides is 2. The van der Waals surface area contributed by atoms with Crippen LogP contribution in [0.4, 0.5) is 8.78 Å². The average molecular weight is 424 g/mol. The van der Waals surface area contributed by atoms with E-state index >= 15 is 0 Å². The lowest BCUT2D eigenvalue weighted by molar-refractivity contribution is -0.0498. The van der Waals surface area contributed by atoms with E-state index in [2.05, 4.69) is 14.9 Å². The van der Waals surface area contributed by atoms with E-state index in [1.807, 2.05) is 38.3 Å². The van der Waals surface area contributed by atoms with Gasteiger partial charge in [0.1, 0.15) is 10.8 Å². The van der Waals surface area contributed by atoms with Gasteiger partial charge in [-0.3, -0.25) is 4.79 Å². The number of aryl methyl sites for hydroxylation is 2. The fraction of sp³-hybridized carbons (Fsp3) is 0.316. The topological polar surface area (TPSA) is 57.0 Å². The number of halogens is 2. The zero-order valence-electron chi connectivity index (χ0n) is 15.8. The lowest BCUT2D eigenvalue weighted by atomic mass is 10.1. The van der Waals surface area contributed by atoms with Crippen molar-refractivity contribution in [2.75, 3.05) is 0 Å². The van der Waals surface area contributed by atoms with Crippen molar-refractivity contribution in [2.45, 2.75) is 43.9 Å². The number of hydrogen-bond donors (Lipinski definition) is 0. The molecule has 148 valence electrons. The van der Waals surface area contributed by atoms with Crippen molar-refractivity contribution in [3.05, 3.63) is 52.3 Å². The van der Waals surface area contributed by atoms with Gasteiger partial charge in [0.15, 0.2) is 10.1 Å². The minimum atomic E-state index is -2.86. The summed E-state index contributed by atoms with van der Waals surface area (Å²) in [5.74, 6) is 0.102. The van der Waals surface area contributed by atoms with Crippen molar-refractivity contribution in [2.24, 2.45) is 0 Å². The highest BCUT2D eigenvalue weighted by atomic mass is 32.2. The number of nitrogens with zero attached hydrogens (tertiary/aromatic N) is 3. The summed E-state index contributed by atoms with van der Waals surface area (Å²) in [6.45, 7) is 4.64. The Morgan fingerprint density at radius 1 is 1.18 bits per heavy atom. The van der Waals surface area contributed by atoms with Crippen molar-refractivity contribution in [1.82, 2.24) is 14.8 Å². The molecule has 0 aliphatic rings. The highest BCUT2D eigenvalue weighted by Gasteiger charge is 2.23. The molecule has 1 aromatic carbocycles. The van der Waals surface area contributed by atoms with Crippen molar-refractivity contribution in [1.29, 1.82) is 0 Å². The minimum absolute atomic E-state index is 0.00913. The summed E-state index contributed by atoms with van der Waals surface area (Å²) in [4.78, 5) is 13.0. The first-order chi connectivity index (χ1) is 13.3. The van der Waals surface area contributed by atoms with Crippen LogP contribution >= 0.6 is 23.1 Å². The molecule has 0 amide bonds. The number of ether oxygens (including phenoxy) is 1. The first-order valence-electron chi connectivity index (χ1n) is 8.51. The van der Waals surface area contributed by atoms with Gasteiger partial charge in [0.25, 0.3) is 0 Å². The number of aromatic nitrogens is 3. The van der Waals surface area contributed by atoms with Crippen molar-refractivity contribution < 1.29 is 18.3 Å². The van der Waals surface area contributed by atoms with Crippen LogP contribution in [0.25, 0.3) is 5.69 Å². The normalized spacial score (nSPS) is 12.4. The van der Waals surface area contributed by atoms with Crippen molar-refractivity contribution in [3.63, 3.8) is 0 Å². The monoisotopic (exact) mass is 423 g/mol. The number of carbonyl (C=O) groups is 1. The van der Waals surface area contributed by atoms with E-state index < -0.39 is 6.61 Å². The highest BCUT2D eigenvalue weighted by Crippen LogP contribution is 2.30. The summed E-state index contributed by atoms with van der Waals surface area (Å²) in [6, 6.07) is 8.20.